The third kappa shape index (κ3) is 3.06. The molecular weight excluding hydrogens is 210 g/mol. The number of aryl methyl sites for hydroxylation is 2. The zero-order chi connectivity index (χ0) is 12.3. The monoisotopic (exact) mass is 233 g/mol. The summed E-state index contributed by atoms with van der Waals surface area (Å²) in [5.41, 5.74) is 10.8. The second kappa shape index (κ2) is 5.63. The van der Waals surface area contributed by atoms with Crippen LogP contribution in [0, 0.1) is 13.8 Å². The molecule has 3 nitrogen and oxygen atoms in total. The highest BCUT2D eigenvalue weighted by Gasteiger charge is 2.25. The van der Waals surface area contributed by atoms with Crippen molar-refractivity contribution in [3.8, 4) is 0 Å². The van der Waals surface area contributed by atoms with Crippen LogP contribution < -0.4 is 16.2 Å². The second-order valence-electron chi connectivity index (χ2n) is 4.94. The molecule has 3 N–H and O–H groups in total. The Hall–Kier alpha value is -0.900. The van der Waals surface area contributed by atoms with Gasteiger partial charge in [0.25, 0.3) is 0 Å². The molecule has 1 aliphatic rings. The first-order valence-electron chi connectivity index (χ1n) is 6.52. The Morgan fingerprint density at radius 1 is 1.29 bits per heavy atom. The van der Waals surface area contributed by atoms with Crippen molar-refractivity contribution >= 4 is 0 Å². The molecule has 94 valence electrons. The molecule has 0 amide bonds. The lowest BCUT2D eigenvalue weighted by molar-refractivity contribution is 0.458. The molecule has 1 saturated heterocycles. The Morgan fingerprint density at radius 2 is 2.12 bits per heavy atom. The van der Waals surface area contributed by atoms with Gasteiger partial charge >= 0.3 is 0 Å². The van der Waals surface area contributed by atoms with Crippen molar-refractivity contribution in [1.82, 2.24) is 16.2 Å². The van der Waals surface area contributed by atoms with E-state index in [4.69, 9.17) is 0 Å². The van der Waals surface area contributed by atoms with Crippen LogP contribution in [-0.4, -0.2) is 12.7 Å². The van der Waals surface area contributed by atoms with Crippen LogP contribution in [0.4, 0.5) is 0 Å². The minimum Gasteiger partial charge on any atom is -0.301 e. The molecule has 2 unspecified atom stereocenters. The molecular formula is C14H23N3. The Labute approximate surface area is 104 Å². The van der Waals surface area contributed by atoms with Gasteiger partial charge in [-0.25, -0.2) is 10.9 Å². The molecule has 0 saturated carbocycles. The van der Waals surface area contributed by atoms with Gasteiger partial charge in [-0.1, -0.05) is 30.7 Å². The largest absolute Gasteiger partial charge is 0.301 e. The molecule has 1 aromatic carbocycles. The van der Waals surface area contributed by atoms with Crippen molar-refractivity contribution in [2.24, 2.45) is 0 Å². The molecule has 2 atom stereocenters. The molecule has 3 heteroatoms. The molecule has 1 aliphatic heterocycles. The van der Waals surface area contributed by atoms with Crippen LogP contribution in [0.2, 0.25) is 0 Å². The summed E-state index contributed by atoms with van der Waals surface area (Å²) in [6.45, 7) is 7.60. The fourth-order valence-corrected chi connectivity index (χ4v) is 2.35. The van der Waals surface area contributed by atoms with E-state index < -0.39 is 0 Å². The maximum absolute atomic E-state index is 3.49. The van der Waals surface area contributed by atoms with Gasteiger partial charge in [0.1, 0.15) is 0 Å². The van der Waals surface area contributed by atoms with E-state index >= 15 is 0 Å². The average Bonchev–Trinajstić information content (AvgIpc) is 2.78. The minimum absolute atomic E-state index is 0.389. The Morgan fingerprint density at radius 3 is 2.88 bits per heavy atom. The topological polar surface area (TPSA) is 36.1 Å². The molecule has 0 radical (unpaired) electrons. The van der Waals surface area contributed by atoms with Gasteiger partial charge in [-0.05, 0) is 44.4 Å². The van der Waals surface area contributed by atoms with E-state index in [1.165, 1.54) is 23.1 Å². The molecule has 1 heterocycles. The highest BCUT2D eigenvalue weighted by atomic mass is 15.5. The zero-order valence-corrected chi connectivity index (χ0v) is 11.0. The molecule has 1 aromatic rings. The van der Waals surface area contributed by atoms with Crippen LogP contribution in [0.5, 0.6) is 0 Å². The van der Waals surface area contributed by atoms with Gasteiger partial charge < -0.3 is 5.32 Å². The van der Waals surface area contributed by atoms with Gasteiger partial charge in [-0.2, -0.15) is 0 Å². The summed E-state index contributed by atoms with van der Waals surface area (Å²) in [6, 6.07) is 7.09. The maximum Gasteiger partial charge on any atom is 0.0723 e. The van der Waals surface area contributed by atoms with Crippen LogP contribution >= 0.6 is 0 Å². The molecule has 1 fully saturated rings. The van der Waals surface area contributed by atoms with Gasteiger partial charge in [0.15, 0.2) is 0 Å². The molecule has 0 spiro atoms. The molecule has 2 rings (SSSR count). The molecule has 17 heavy (non-hydrogen) atoms. The van der Waals surface area contributed by atoms with Crippen LogP contribution in [0.15, 0.2) is 18.2 Å². The second-order valence-corrected chi connectivity index (χ2v) is 4.94. The van der Waals surface area contributed by atoms with Crippen molar-refractivity contribution in [2.45, 2.75) is 45.8 Å². The SMILES string of the molecule is CCCNC1CC(c2cc(C)ccc2C)NN1. The smallest absolute Gasteiger partial charge is 0.0723 e. The molecule has 0 bridgehead atoms. The summed E-state index contributed by atoms with van der Waals surface area (Å²) in [4.78, 5) is 0. The number of hydrogen-bond acceptors (Lipinski definition) is 3. The van der Waals surface area contributed by atoms with Gasteiger partial charge in [-0.3, -0.25) is 0 Å². The van der Waals surface area contributed by atoms with E-state index in [-0.39, 0.29) is 0 Å². The highest BCUT2D eigenvalue weighted by molar-refractivity contribution is 5.33. The lowest BCUT2D eigenvalue weighted by atomic mass is 9.97. The number of benzene rings is 1. The normalized spacial score (nSPS) is 24.2. The Balaban J connectivity index is 2.02. The van der Waals surface area contributed by atoms with Crippen LogP contribution in [-0.2, 0) is 0 Å². The summed E-state index contributed by atoms with van der Waals surface area (Å²) >= 11 is 0. The van der Waals surface area contributed by atoms with Gasteiger partial charge in [-0.15, -0.1) is 0 Å². The molecule has 0 aromatic heterocycles. The van der Waals surface area contributed by atoms with Crippen molar-refractivity contribution in [3.63, 3.8) is 0 Å². The highest BCUT2D eigenvalue weighted by Crippen LogP contribution is 2.25. The lowest BCUT2D eigenvalue weighted by Gasteiger charge is -2.14. The van der Waals surface area contributed by atoms with Crippen LogP contribution in [0.25, 0.3) is 0 Å². The van der Waals surface area contributed by atoms with Gasteiger partial charge in [0.05, 0.1) is 6.17 Å². The number of rotatable bonds is 4. The van der Waals surface area contributed by atoms with E-state index in [1.807, 2.05) is 0 Å². The van der Waals surface area contributed by atoms with E-state index in [0.29, 0.717) is 12.2 Å². The minimum atomic E-state index is 0.389. The quantitative estimate of drug-likeness (QED) is 0.746. The summed E-state index contributed by atoms with van der Waals surface area (Å²) in [5.74, 6) is 0. The van der Waals surface area contributed by atoms with Gasteiger partial charge in [0.2, 0.25) is 0 Å². The predicted octanol–water partition coefficient (Wildman–Crippen LogP) is 2.17. The molecule has 0 aliphatic carbocycles. The number of hydrogen-bond donors (Lipinski definition) is 3. The summed E-state index contributed by atoms with van der Waals surface area (Å²) in [7, 11) is 0. The first kappa shape index (κ1) is 12.6. The van der Waals surface area contributed by atoms with E-state index in [0.717, 1.165) is 13.0 Å². The fourth-order valence-electron chi connectivity index (χ4n) is 2.35. The van der Waals surface area contributed by atoms with Gasteiger partial charge in [0, 0.05) is 6.04 Å². The Bertz CT molecular complexity index is 376. The third-order valence-electron chi connectivity index (χ3n) is 3.35. The van der Waals surface area contributed by atoms with E-state index in [1.54, 1.807) is 0 Å². The standard InChI is InChI=1S/C14H23N3/c1-4-7-15-14-9-13(16-17-14)12-8-10(2)5-6-11(12)3/h5-6,8,13-17H,4,7,9H2,1-3H3. The zero-order valence-electron chi connectivity index (χ0n) is 11.0. The summed E-state index contributed by atoms with van der Waals surface area (Å²) in [6.07, 6.45) is 2.66. The lowest BCUT2D eigenvalue weighted by Crippen LogP contribution is -2.41. The number of hydrazine groups is 1. The number of nitrogens with one attached hydrogen (secondary N) is 3. The Kier molecular flexibility index (Phi) is 4.15. The van der Waals surface area contributed by atoms with Crippen molar-refractivity contribution in [2.75, 3.05) is 6.54 Å². The summed E-state index contributed by atoms with van der Waals surface area (Å²) < 4.78 is 0. The van der Waals surface area contributed by atoms with Crippen molar-refractivity contribution in [1.29, 1.82) is 0 Å². The first-order chi connectivity index (χ1) is 8.20. The van der Waals surface area contributed by atoms with Crippen molar-refractivity contribution in [3.05, 3.63) is 34.9 Å². The first-order valence-corrected chi connectivity index (χ1v) is 6.52. The van der Waals surface area contributed by atoms with Crippen LogP contribution in [0.3, 0.4) is 0 Å². The summed E-state index contributed by atoms with van der Waals surface area (Å²) in [5, 5.41) is 3.49. The van der Waals surface area contributed by atoms with Crippen molar-refractivity contribution < 1.29 is 0 Å². The fraction of sp³-hybridized carbons (Fsp3) is 0.571. The predicted molar refractivity (Wildman–Crippen MR) is 71.6 cm³/mol. The van der Waals surface area contributed by atoms with E-state index in [2.05, 4.69) is 55.1 Å². The van der Waals surface area contributed by atoms with E-state index in [9.17, 15) is 0 Å². The average molecular weight is 233 g/mol. The van der Waals surface area contributed by atoms with Crippen LogP contribution in [0.1, 0.15) is 42.5 Å². The maximum atomic E-state index is 3.49. The third-order valence-corrected chi connectivity index (χ3v) is 3.35.